The van der Waals surface area contributed by atoms with E-state index in [9.17, 15) is 9.18 Å². The third-order valence-corrected chi connectivity index (χ3v) is 3.36. The summed E-state index contributed by atoms with van der Waals surface area (Å²) in [6.45, 7) is 1.94. The lowest BCUT2D eigenvalue weighted by atomic mass is 10.0. The lowest BCUT2D eigenvalue weighted by molar-refractivity contribution is -0.115. The van der Waals surface area contributed by atoms with E-state index >= 15 is 0 Å². The summed E-state index contributed by atoms with van der Waals surface area (Å²) in [6, 6.07) is 5.65. The Morgan fingerprint density at radius 3 is 2.80 bits per heavy atom. The monoisotopic (exact) mass is 282 g/mol. The maximum atomic E-state index is 12.7. The molecule has 1 amide bonds. The number of hydrogen-bond acceptors (Lipinski definition) is 4. The molecule has 1 saturated heterocycles. The van der Waals surface area contributed by atoms with Crippen LogP contribution in [0.2, 0.25) is 0 Å². The van der Waals surface area contributed by atoms with E-state index in [4.69, 9.17) is 9.47 Å². The van der Waals surface area contributed by atoms with Crippen LogP contribution in [0.25, 0.3) is 0 Å². The van der Waals surface area contributed by atoms with E-state index in [1.165, 1.54) is 24.3 Å². The zero-order valence-corrected chi connectivity index (χ0v) is 11.4. The number of benzene rings is 1. The van der Waals surface area contributed by atoms with Gasteiger partial charge in [-0.25, -0.2) is 4.39 Å². The number of anilines is 1. The molecule has 20 heavy (non-hydrogen) atoms. The first kappa shape index (κ1) is 14.9. The average molecular weight is 282 g/mol. The quantitative estimate of drug-likeness (QED) is 0.822. The van der Waals surface area contributed by atoms with Crippen molar-refractivity contribution >= 4 is 11.6 Å². The molecule has 1 aliphatic heterocycles. The number of carbonyl (C=O) groups excluding carboxylic acids is 1. The normalized spacial score (nSPS) is 21.9. The Balaban J connectivity index is 1.73. The van der Waals surface area contributed by atoms with Crippen molar-refractivity contribution in [2.45, 2.75) is 12.0 Å². The molecule has 110 valence electrons. The lowest BCUT2D eigenvalue weighted by Crippen LogP contribution is -2.45. The smallest absolute Gasteiger partial charge is 0.238 e. The Bertz CT molecular complexity index is 444. The highest BCUT2D eigenvalue weighted by Gasteiger charge is 2.34. The fourth-order valence-electron chi connectivity index (χ4n) is 2.10. The topological polar surface area (TPSA) is 59.6 Å². The van der Waals surface area contributed by atoms with Crippen LogP contribution in [0.4, 0.5) is 10.1 Å². The van der Waals surface area contributed by atoms with Gasteiger partial charge < -0.3 is 20.1 Å². The molecular weight excluding hydrogens is 263 g/mol. The molecule has 2 rings (SSSR count). The van der Waals surface area contributed by atoms with Crippen molar-refractivity contribution in [2.24, 2.45) is 0 Å². The zero-order chi connectivity index (χ0) is 14.4. The van der Waals surface area contributed by atoms with Gasteiger partial charge in [-0.15, -0.1) is 0 Å². The summed E-state index contributed by atoms with van der Waals surface area (Å²) in [6.07, 6.45) is 0.816. The number of carbonyl (C=O) groups is 1. The standard InChI is InChI=1S/C14H19FN2O3/c1-19-14(6-7-20-10-14)9-16-8-13(18)17-12-4-2-11(15)3-5-12/h2-5,16H,6-10H2,1H3,(H,17,18). The molecule has 1 fully saturated rings. The van der Waals surface area contributed by atoms with Crippen LogP contribution in [-0.4, -0.2) is 44.9 Å². The van der Waals surface area contributed by atoms with Crippen LogP contribution in [0, 0.1) is 5.82 Å². The number of amides is 1. The Kier molecular flexibility index (Phi) is 5.05. The highest BCUT2D eigenvalue weighted by molar-refractivity contribution is 5.92. The molecule has 1 aromatic carbocycles. The van der Waals surface area contributed by atoms with E-state index in [-0.39, 0.29) is 23.9 Å². The van der Waals surface area contributed by atoms with Crippen molar-refractivity contribution in [3.63, 3.8) is 0 Å². The third-order valence-electron chi connectivity index (χ3n) is 3.36. The predicted molar refractivity (Wildman–Crippen MR) is 73.1 cm³/mol. The van der Waals surface area contributed by atoms with Crippen molar-refractivity contribution in [3.05, 3.63) is 30.1 Å². The van der Waals surface area contributed by atoms with Crippen molar-refractivity contribution in [1.82, 2.24) is 5.32 Å². The van der Waals surface area contributed by atoms with Gasteiger partial charge in [0.1, 0.15) is 11.4 Å². The van der Waals surface area contributed by atoms with E-state index in [2.05, 4.69) is 10.6 Å². The first-order valence-electron chi connectivity index (χ1n) is 6.53. The summed E-state index contributed by atoms with van der Waals surface area (Å²) in [4.78, 5) is 11.7. The van der Waals surface area contributed by atoms with Crippen molar-refractivity contribution in [1.29, 1.82) is 0 Å². The third kappa shape index (κ3) is 4.00. The molecule has 5 nitrogen and oxygen atoms in total. The summed E-state index contributed by atoms with van der Waals surface area (Å²) >= 11 is 0. The zero-order valence-electron chi connectivity index (χ0n) is 11.4. The largest absolute Gasteiger partial charge is 0.378 e. The molecule has 0 aromatic heterocycles. The molecule has 0 saturated carbocycles. The minimum Gasteiger partial charge on any atom is -0.378 e. The summed E-state index contributed by atoms with van der Waals surface area (Å²) in [7, 11) is 1.65. The predicted octanol–water partition coefficient (Wildman–Crippen LogP) is 1.16. The van der Waals surface area contributed by atoms with Gasteiger partial charge in [-0.2, -0.15) is 0 Å². The first-order chi connectivity index (χ1) is 9.63. The summed E-state index contributed by atoms with van der Waals surface area (Å²) in [5, 5.41) is 5.74. The van der Waals surface area contributed by atoms with Gasteiger partial charge >= 0.3 is 0 Å². The summed E-state index contributed by atoms with van der Waals surface area (Å²) in [5.74, 6) is -0.508. The highest BCUT2D eigenvalue weighted by Crippen LogP contribution is 2.21. The highest BCUT2D eigenvalue weighted by atomic mass is 19.1. The van der Waals surface area contributed by atoms with E-state index in [0.717, 1.165) is 6.42 Å². The van der Waals surface area contributed by atoms with Crippen molar-refractivity contribution < 1.29 is 18.7 Å². The number of halogens is 1. The van der Waals surface area contributed by atoms with E-state index in [1.807, 2.05) is 0 Å². The Morgan fingerprint density at radius 2 is 2.20 bits per heavy atom. The van der Waals surface area contributed by atoms with E-state index < -0.39 is 0 Å². The Morgan fingerprint density at radius 1 is 1.45 bits per heavy atom. The van der Waals surface area contributed by atoms with Gasteiger partial charge in [0.2, 0.25) is 5.91 Å². The van der Waals surface area contributed by atoms with Gasteiger partial charge in [-0.05, 0) is 24.3 Å². The van der Waals surface area contributed by atoms with Gasteiger partial charge in [0, 0.05) is 32.4 Å². The second-order valence-corrected chi connectivity index (χ2v) is 4.85. The Labute approximate surface area is 117 Å². The summed E-state index contributed by atoms with van der Waals surface area (Å²) in [5.41, 5.74) is 0.236. The van der Waals surface area contributed by atoms with Crippen LogP contribution in [0.1, 0.15) is 6.42 Å². The number of hydrogen-bond donors (Lipinski definition) is 2. The fourth-order valence-corrected chi connectivity index (χ4v) is 2.10. The van der Waals surface area contributed by atoms with Crippen LogP contribution in [0.5, 0.6) is 0 Å². The molecule has 0 bridgehead atoms. The fraction of sp³-hybridized carbons (Fsp3) is 0.500. The molecule has 0 aliphatic carbocycles. The van der Waals surface area contributed by atoms with Gasteiger partial charge in [0.25, 0.3) is 0 Å². The first-order valence-corrected chi connectivity index (χ1v) is 6.53. The lowest BCUT2D eigenvalue weighted by Gasteiger charge is -2.25. The molecule has 1 aromatic rings. The van der Waals surface area contributed by atoms with Crippen LogP contribution >= 0.6 is 0 Å². The second-order valence-electron chi connectivity index (χ2n) is 4.85. The van der Waals surface area contributed by atoms with Crippen LogP contribution in [-0.2, 0) is 14.3 Å². The number of rotatable bonds is 6. The average Bonchev–Trinajstić information content (AvgIpc) is 2.91. The SMILES string of the molecule is COC1(CNCC(=O)Nc2ccc(F)cc2)CCOC1. The minimum absolute atomic E-state index is 0.169. The van der Waals surface area contributed by atoms with E-state index in [0.29, 0.717) is 25.4 Å². The van der Waals surface area contributed by atoms with Crippen LogP contribution in [0.3, 0.4) is 0 Å². The molecule has 1 heterocycles. The Hall–Kier alpha value is -1.50. The van der Waals surface area contributed by atoms with Gasteiger partial charge in [0.05, 0.1) is 13.2 Å². The van der Waals surface area contributed by atoms with Crippen molar-refractivity contribution in [3.8, 4) is 0 Å². The van der Waals surface area contributed by atoms with Crippen LogP contribution < -0.4 is 10.6 Å². The van der Waals surface area contributed by atoms with E-state index in [1.54, 1.807) is 7.11 Å². The van der Waals surface area contributed by atoms with Gasteiger partial charge in [-0.1, -0.05) is 0 Å². The summed E-state index contributed by atoms with van der Waals surface area (Å²) < 4.78 is 23.5. The van der Waals surface area contributed by atoms with Gasteiger partial charge in [-0.3, -0.25) is 4.79 Å². The molecule has 1 atom stereocenters. The maximum absolute atomic E-state index is 12.7. The van der Waals surface area contributed by atoms with Crippen molar-refractivity contribution in [2.75, 3.05) is 38.7 Å². The molecule has 6 heteroatoms. The van der Waals surface area contributed by atoms with Gasteiger partial charge in [0.15, 0.2) is 0 Å². The van der Waals surface area contributed by atoms with Crippen LogP contribution in [0.15, 0.2) is 24.3 Å². The number of nitrogens with one attached hydrogen (secondary N) is 2. The number of ether oxygens (including phenoxy) is 2. The molecule has 2 N–H and O–H groups in total. The molecule has 0 spiro atoms. The maximum Gasteiger partial charge on any atom is 0.238 e. The molecular formula is C14H19FN2O3. The molecule has 1 aliphatic rings. The molecule has 1 unspecified atom stereocenters. The number of methoxy groups -OCH3 is 1. The molecule has 0 radical (unpaired) electrons. The second kappa shape index (κ2) is 6.78. The minimum atomic E-state index is -0.337.